The molecule has 0 bridgehead atoms. The van der Waals surface area contributed by atoms with Gasteiger partial charge in [-0.2, -0.15) is 0 Å². The van der Waals surface area contributed by atoms with Gasteiger partial charge < -0.3 is 10.6 Å². The molecule has 2 fully saturated rings. The number of amides is 1. The Labute approximate surface area is 85.6 Å². The van der Waals surface area contributed by atoms with Crippen molar-refractivity contribution in [2.24, 2.45) is 23.2 Å². The number of fused-ring (bicyclic) bond motifs is 1. The first kappa shape index (κ1) is 9.97. The van der Waals surface area contributed by atoms with Crippen LogP contribution in [0.15, 0.2) is 0 Å². The van der Waals surface area contributed by atoms with E-state index in [2.05, 4.69) is 10.6 Å². The second kappa shape index (κ2) is 3.23. The van der Waals surface area contributed by atoms with Crippen molar-refractivity contribution in [2.45, 2.75) is 20.8 Å². The number of rotatable bonds is 2. The Bertz CT molecular complexity index is 234. The van der Waals surface area contributed by atoms with Gasteiger partial charge in [-0.15, -0.1) is 0 Å². The van der Waals surface area contributed by atoms with Gasteiger partial charge in [0.15, 0.2) is 0 Å². The van der Waals surface area contributed by atoms with Crippen molar-refractivity contribution < 1.29 is 4.79 Å². The van der Waals surface area contributed by atoms with Crippen LogP contribution in [0, 0.1) is 23.2 Å². The van der Waals surface area contributed by atoms with Crippen LogP contribution in [-0.2, 0) is 4.79 Å². The summed E-state index contributed by atoms with van der Waals surface area (Å²) in [6, 6.07) is 0. The standard InChI is InChI=1S/C11H20N2O/c1-11(2,3)10(14)13-6-9-7-4-12-5-8(7)9/h7-9,12H,4-6H2,1-3H3,(H,13,14). The minimum Gasteiger partial charge on any atom is -0.355 e. The maximum absolute atomic E-state index is 11.6. The fraction of sp³-hybridized carbons (Fsp3) is 0.909. The van der Waals surface area contributed by atoms with E-state index in [0.717, 1.165) is 37.4 Å². The van der Waals surface area contributed by atoms with Crippen molar-refractivity contribution in [3.05, 3.63) is 0 Å². The van der Waals surface area contributed by atoms with E-state index >= 15 is 0 Å². The molecule has 0 spiro atoms. The van der Waals surface area contributed by atoms with Gasteiger partial charge in [-0.05, 0) is 30.8 Å². The van der Waals surface area contributed by atoms with Crippen LogP contribution in [0.2, 0.25) is 0 Å². The van der Waals surface area contributed by atoms with Gasteiger partial charge in [0.1, 0.15) is 0 Å². The van der Waals surface area contributed by atoms with Crippen molar-refractivity contribution in [1.82, 2.24) is 10.6 Å². The molecule has 1 saturated heterocycles. The minimum atomic E-state index is -0.248. The van der Waals surface area contributed by atoms with Gasteiger partial charge in [-0.1, -0.05) is 20.8 Å². The lowest BCUT2D eigenvalue weighted by atomic mass is 9.95. The minimum absolute atomic E-state index is 0.176. The molecule has 3 heteroatoms. The summed E-state index contributed by atoms with van der Waals surface area (Å²) < 4.78 is 0. The van der Waals surface area contributed by atoms with E-state index < -0.39 is 0 Å². The molecule has 1 aliphatic carbocycles. The second-order valence-corrected chi connectivity index (χ2v) is 5.61. The average Bonchev–Trinajstić information content (AvgIpc) is 2.56. The molecular formula is C11H20N2O. The smallest absolute Gasteiger partial charge is 0.225 e. The Morgan fingerprint density at radius 3 is 2.43 bits per heavy atom. The maximum Gasteiger partial charge on any atom is 0.225 e. The van der Waals surface area contributed by atoms with E-state index in [1.165, 1.54) is 0 Å². The van der Waals surface area contributed by atoms with Crippen molar-refractivity contribution in [1.29, 1.82) is 0 Å². The Balaban J connectivity index is 1.72. The molecule has 0 radical (unpaired) electrons. The van der Waals surface area contributed by atoms with Crippen LogP contribution in [-0.4, -0.2) is 25.5 Å². The molecule has 1 saturated carbocycles. The van der Waals surface area contributed by atoms with Gasteiger partial charge in [0.25, 0.3) is 0 Å². The van der Waals surface area contributed by atoms with Crippen molar-refractivity contribution >= 4 is 5.91 Å². The molecule has 2 aliphatic rings. The zero-order valence-electron chi connectivity index (χ0n) is 9.26. The SMILES string of the molecule is CC(C)(C)C(=O)NCC1C2CNCC21. The molecule has 14 heavy (non-hydrogen) atoms. The van der Waals surface area contributed by atoms with E-state index in [-0.39, 0.29) is 11.3 Å². The Morgan fingerprint density at radius 2 is 1.93 bits per heavy atom. The first-order chi connectivity index (χ1) is 6.50. The summed E-state index contributed by atoms with van der Waals surface area (Å²) in [6.07, 6.45) is 0. The van der Waals surface area contributed by atoms with Crippen LogP contribution in [0.3, 0.4) is 0 Å². The van der Waals surface area contributed by atoms with Crippen LogP contribution in [0.1, 0.15) is 20.8 Å². The van der Waals surface area contributed by atoms with Crippen LogP contribution in [0.4, 0.5) is 0 Å². The molecule has 2 rings (SSSR count). The topological polar surface area (TPSA) is 41.1 Å². The van der Waals surface area contributed by atoms with Crippen LogP contribution in [0.25, 0.3) is 0 Å². The monoisotopic (exact) mass is 196 g/mol. The predicted molar refractivity (Wildman–Crippen MR) is 55.8 cm³/mol. The van der Waals surface area contributed by atoms with Gasteiger partial charge in [0.2, 0.25) is 5.91 Å². The zero-order valence-corrected chi connectivity index (χ0v) is 9.26. The van der Waals surface area contributed by atoms with E-state index in [1.54, 1.807) is 0 Å². The molecule has 1 aliphatic heterocycles. The van der Waals surface area contributed by atoms with Gasteiger partial charge in [-0.3, -0.25) is 4.79 Å². The summed E-state index contributed by atoms with van der Waals surface area (Å²) in [4.78, 5) is 11.6. The van der Waals surface area contributed by atoms with Gasteiger partial charge >= 0.3 is 0 Å². The quantitative estimate of drug-likeness (QED) is 0.679. The van der Waals surface area contributed by atoms with Crippen molar-refractivity contribution in [2.75, 3.05) is 19.6 Å². The highest BCUT2D eigenvalue weighted by molar-refractivity contribution is 5.81. The number of carbonyl (C=O) groups excluding carboxylic acids is 1. The first-order valence-corrected chi connectivity index (χ1v) is 5.49. The molecule has 2 N–H and O–H groups in total. The molecular weight excluding hydrogens is 176 g/mol. The molecule has 1 heterocycles. The Hall–Kier alpha value is -0.570. The first-order valence-electron chi connectivity index (χ1n) is 5.49. The third-order valence-electron chi connectivity index (χ3n) is 3.45. The highest BCUT2D eigenvalue weighted by Gasteiger charge is 2.52. The van der Waals surface area contributed by atoms with Crippen LogP contribution < -0.4 is 10.6 Å². The average molecular weight is 196 g/mol. The lowest BCUT2D eigenvalue weighted by Gasteiger charge is -2.18. The molecule has 80 valence electrons. The number of hydrogen-bond donors (Lipinski definition) is 2. The van der Waals surface area contributed by atoms with Gasteiger partial charge in [-0.25, -0.2) is 0 Å². The molecule has 1 amide bonds. The fourth-order valence-corrected chi connectivity index (χ4v) is 2.33. The van der Waals surface area contributed by atoms with Crippen molar-refractivity contribution in [3.63, 3.8) is 0 Å². The van der Waals surface area contributed by atoms with E-state index in [4.69, 9.17) is 0 Å². The molecule has 3 nitrogen and oxygen atoms in total. The summed E-state index contributed by atoms with van der Waals surface area (Å²) in [7, 11) is 0. The van der Waals surface area contributed by atoms with Crippen LogP contribution in [0.5, 0.6) is 0 Å². The normalized spacial score (nSPS) is 35.2. The predicted octanol–water partition coefficient (Wildman–Crippen LogP) is 0.614. The molecule has 2 unspecified atom stereocenters. The molecule has 2 atom stereocenters. The molecule has 0 aromatic rings. The summed E-state index contributed by atoms with van der Waals surface area (Å²) in [5.74, 6) is 2.61. The van der Waals surface area contributed by atoms with Gasteiger partial charge in [0.05, 0.1) is 0 Å². The van der Waals surface area contributed by atoms with Crippen LogP contribution >= 0.6 is 0 Å². The highest BCUT2D eigenvalue weighted by atomic mass is 16.2. The third kappa shape index (κ3) is 1.78. The van der Waals surface area contributed by atoms with Crippen molar-refractivity contribution in [3.8, 4) is 0 Å². The Morgan fingerprint density at radius 1 is 1.36 bits per heavy atom. The molecule has 0 aromatic heterocycles. The Kier molecular flexibility index (Phi) is 2.30. The maximum atomic E-state index is 11.6. The number of carbonyl (C=O) groups is 1. The summed E-state index contributed by atoms with van der Waals surface area (Å²) in [5.41, 5.74) is -0.248. The summed E-state index contributed by atoms with van der Waals surface area (Å²) in [5, 5.41) is 6.40. The van der Waals surface area contributed by atoms with E-state index in [0.29, 0.717) is 0 Å². The third-order valence-corrected chi connectivity index (χ3v) is 3.45. The largest absolute Gasteiger partial charge is 0.355 e. The van der Waals surface area contributed by atoms with E-state index in [1.807, 2.05) is 20.8 Å². The van der Waals surface area contributed by atoms with Gasteiger partial charge in [0, 0.05) is 12.0 Å². The highest BCUT2D eigenvalue weighted by Crippen LogP contribution is 2.48. The number of nitrogens with one attached hydrogen (secondary N) is 2. The lowest BCUT2D eigenvalue weighted by molar-refractivity contribution is -0.128. The molecule has 0 aromatic carbocycles. The van der Waals surface area contributed by atoms with E-state index in [9.17, 15) is 4.79 Å². The zero-order chi connectivity index (χ0) is 10.3. The summed E-state index contributed by atoms with van der Waals surface area (Å²) in [6.45, 7) is 9.06. The lowest BCUT2D eigenvalue weighted by Crippen LogP contribution is -2.37. The number of piperidine rings is 1. The fourth-order valence-electron chi connectivity index (χ4n) is 2.33. The number of hydrogen-bond acceptors (Lipinski definition) is 2. The summed E-state index contributed by atoms with van der Waals surface area (Å²) >= 11 is 0. The second-order valence-electron chi connectivity index (χ2n) is 5.61.